The number of alkyl halides is 3. The zero-order chi connectivity index (χ0) is 33.6. The molecule has 47 heavy (non-hydrogen) atoms. The van der Waals surface area contributed by atoms with Crippen molar-refractivity contribution in [2.45, 2.75) is 37.3 Å². The minimum absolute atomic E-state index is 0.00983. The normalized spacial score (nSPS) is 15.3. The van der Waals surface area contributed by atoms with Crippen molar-refractivity contribution in [2.24, 2.45) is 11.3 Å². The quantitative estimate of drug-likeness (QED) is 0.178. The predicted octanol–water partition coefficient (Wildman–Crippen LogP) is 8.21. The van der Waals surface area contributed by atoms with E-state index in [0.717, 1.165) is 59.6 Å². The highest BCUT2D eigenvalue weighted by molar-refractivity contribution is 7.97. The van der Waals surface area contributed by atoms with Gasteiger partial charge < -0.3 is 10.6 Å². The minimum Gasteiger partial charge on any atom is -0.355 e. The van der Waals surface area contributed by atoms with Crippen LogP contribution in [0.3, 0.4) is 0 Å². The van der Waals surface area contributed by atoms with Gasteiger partial charge in [-0.1, -0.05) is 61.5 Å². The van der Waals surface area contributed by atoms with Crippen LogP contribution in [0.5, 0.6) is 0 Å². The van der Waals surface area contributed by atoms with Crippen molar-refractivity contribution in [3.63, 3.8) is 0 Å². The number of carbonyl (C=O) groups excluding carboxylic acids is 2. The third kappa shape index (κ3) is 8.05. The van der Waals surface area contributed by atoms with Crippen molar-refractivity contribution in [3.05, 3.63) is 119 Å². The molecular weight excluding hydrogens is 621 g/mol. The van der Waals surface area contributed by atoms with E-state index in [1.165, 1.54) is 6.07 Å². The maximum atomic E-state index is 14.2. The Balaban J connectivity index is 1.43. The van der Waals surface area contributed by atoms with E-state index < -0.39 is 22.7 Å². The Kier molecular flexibility index (Phi) is 10.4. The van der Waals surface area contributed by atoms with E-state index in [0.29, 0.717) is 12.0 Å². The molecular formula is C37H35F3N4O2S. The summed E-state index contributed by atoms with van der Waals surface area (Å²) in [5, 5.41) is 14.6. The number of hydrogen-bond acceptors (Lipinski definition) is 5. The molecule has 1 aliphatic rings. The topological polar surface area (TPSA) is 85.2 Å². The zero-order valence-corrected chi connectivity index (χ0v) is 26.9. The number of carbonyl (C=O) groups is 2. The Bertz CT molecular complexity index is 1780. The molecule has 1 heterocycles. The average Bonchev–Trinajstić information content (AvgIpc) is 3.08. The Morgan fingerprint density at radius 3 is 2.26 bits per heavy atom. The molecule has 1 aliphatic heterocycles. The molecule has 0 aliphatic carbocycles. The summed E-state index contributed by atoms with van der Waals surface area (Å²) in [7, 11) is 1.58. The highest BCUT2D eigenvalue weighted by atomic mass is 32.2. The second kappa shape index (κ2) is 14.4. The summed E-state index contributed by atoms with van der Waals surface area (Å²) in [5.74, 6) is -0.632. The maximum absolute atomic E-state index is 14.2. The lowest BCUT2D eigenvalue weighted by Crippen LogP contribution is -2.46. The second-order valence-electron chi connectivity index (χ2n) is 11.9. The molecule has 242 valence electrons. The number of anilines is 1. The Morgan fingerprint density at radius 1 is 0.915 bits per heavy atom. The molecule has 0 aromatic heterocycles. The number of halogens is 3. The highest BCUT2D eigenvalue weighted by Gasteiger charge is 2.43. The third-order valence-electron chi connectivity index (χ3n) is 8.74. The van der Waals surface area contributed by atoms with Crippen LogP contribution in [0.2, 0.25) is 0 Å². The number of nitriles is 1. The number of hydrogen-bond donors (Lipinski definition) is 2. The minimum atomic E-state index is -4.74. The van der Waals surface area contributed by atoms with Gasteiger partial charge in [-0.3, -0.25) is 9.59 Å². The first-order valence-electron chi connectivity index (χ1n) is 15.3. The van der Waals surface area contributed by atoms with Crippen molar-refractivity contribution < 1.29 is 22.8 Å². The Morgan fingerprint density at radius 2 is 1.60 bits per heavy atom. The van der Waals surface area contributed by atoms with Gasteiger partial charge in [0.05, 0.1) is 22.6 Å². The lowest BCUT2D eigenvalue weighted by molar-refractivity contribution is -0.137. The van der Waals surface area contributed by atoms with Crippen LogP contribution in [-0.2, 0) is 17.4 Å². The zero-order valence-electron chi connectivity index (χ0n) is 26.1. The van der Waals surface area contributed by atoms with Gasteiger partial charge in [-0.25, -0.2) is 4.31 Å². The second-order valence-corrected chi connectivity index (χ2v) is 13.1. The van der Waals surface area contributed by atoms with Crippen molar-refractivity contribution >= 4 is 29.4 Å². The molecule has 6 nitrogen and oxygen atoms in total. The molecule has 5 rings (SSSR count). The molecule has 2 amide bonds. The van der Waals surface area contributed by atoms with Crippen molar-refractivity contribution in [1.82, 2.24) is 9.62 Å². The van der Waals surface area contributed by atoms with Crippen LogP contribution >= 0.6 is 11.9 Å². The Hall–Kier alpha value is -4.59. The van der Waals surface area contributed by atoms with Gasteiger partial charge in [-0.2, -0.15) is 18.4 Å². The molecule has 0 spiro atoms. The van der Waals surface area contributed by atoms with Crippen LogP contribution in [0.25, 0.3) is 11.1 Å². The molecule has 0 radical (unpaired) electrons. The van der Waals surface area contributed by atoms with Gasteiger partial charge in [0.15, 0.2) is 0 Å². The molecule has 1 saturated heterocycles. The van der Waals surface area contributed by atoms with Crippen LogP contribution in [0, 0.1) is 22.7 Å². The van der Waals surface area contributed by atoms with Crippen molar-refractivity contribution in [2.75, 3.05) is 25.5 Å². The summed E-state index contributed by atoms with van der Waals surface area (Å²) in [6, 6.07) is 30.0. The largest absolute Gasteiger partial charge is 0.417 e. The molecule has 0 bridgehead atoms. The van der Waals surface area contributed by atoms with Gasteiger partial charge in [-0.05, 0) is 96.3 Å². The van der Waals surface area contributed by atoms with E-state index in [4.69, 9.17) is 0 Å². The number of benzene rings is 4. The van der Waals surface area contributed by atoms with Gasteiger partial charge >= 0.3 is 6.18 Å². The number of nitrogens with one attached hydrogen (secondary N) is 2. The van der Waals surface area contributed by atoms with Crippen LogP contribution in [0.15, 0.2) is 102 Å². The smallest absolute Gasteiger partial charge is 0.355 e. The van der Waals surface area contributed by atoms with Crippen molar-refractivity contribution in [1.29, 1.82) is 5.26 Å². The fourth-order valence-corrected chi connectivity index (χ4v) is 7.09. The molecule has 10 heteroatoms. The fourth-order valence-electron chi connectivity index (χ4n) is 6.12. The molecule has 4 aromatic rings. The first-order chi connectivity index (χ1) is 22.5. The van der Waals surface area contributed by atoms with E-state index in [9.17, 15) is 28.0 Å². The standard InChI is InChI=1S/C37H35F3N4O2S/c1-36(30-16-18-44(19-17-30)47-32-12-4-3-5-13-32,35(46)43-31-15-14-29(24-41)33(22-31)37(38,39)40)23-25-8-6-9-26(20-25)27-10-7-11-28(21-27)34(45)42-2/h3-15,20-22,30H,16-19,23H2,1-2H3,(H,42,45)(H,43,46). The van der Waals surface area contributed by atoms with Gasteiger partial charge in [0.1, 0.15) is 0 Å². The van der Waals surface area contributed by atoms with Gasteiger partial charge in [0.25, 0.3) is 5.91 Å². The monoisotopic (exact) mass is 656 g/mol. The van der Waals surface area contributed by atoms with Gasteiger partial charge in [0.2, 0.25) is 5.91 Å². The highest BCUT2D eigenvalue weighted by Crippen LogP contribution is 2.42. The summed E-state index contributed by atoms with van der Waals surface area (Å²) in [6.45, 7) is 3.38. The lowest BCUT2D eigenvalue weighted by atomic mass is 9.68. The van der Waals surface area contributed by atoms with Crippen LogP contribution < -0.4 is 10.6 Å². The van der Waals surface area contributed by atoms with Gasteiger partial charge in [-0.15, -0.1) is 0 Å². The summed E-state index contributed by atoms with van der Waals surface area (Å²) in [6.07, 6.45) is -2.95. The van der Waals surface area contributed by atoms with Gasteiger partial charge in [0, 0.05) is 36.3 Å². The Labute approximate surface area is 277 Å². The first kappa shape index (κ1) is 33.8. The summed E-state index contributed by atoms with van der Waals surface area (Å²) < 4.78 is 43.5. The van der Waals surface area contributed by atoms with E-state index in [2.05, 4.69) is 27.1 Å². The maximum Gasteiger partial charge on any atom is 0.417 e. The van der Waals surface area contributed by atoms with Crippen LogP contribution in [0.1, 0.15) is 46.8 Å². The van der Waals surface area contributed by atoms with Crippen LogP contribution in [0.4, 0.5) is 18.9 Å². The lowest BCUT2D eigenvalue weighted by Gasteiger charge is -2.41. The van der Waals surface area contributed by atoms with Crippen molar-refractivity contribution in [3.8, 4) is 17.2 Å². The molecule has 1 atom stereocenters. The van der Waals surface area contributed by atoms with E-state index in [-0.39, 0.29) is 23.4 Å². The first-order valence-corrected chi connectivity index (χ1v) is 16.1. The van der Waals surface area contributed by atoms with Crippen LogP contribution in [-0.4, -0.2) is 36.3 Å². The molecule has 4 aromatic carbocycles. The molecule has 0 saturated carbocycles. The van der Waals surface area contributed by atoms with E-state index >= 15 is 0 Å². The van der Waals surface area contributed by atoms with E-state index in [1.807, 2.05) is 67.6 Å². The third-order valence-corrected chi connectivity index (χ3v) is 9.84. The molecule has 1 unspecified atom stereocenters. The number of piperidine rings is 1. The fraction of sp³-hybridized carbons (Fsp3) is 0.270. The van der Waals surface area contributed by atoms with E-state index in [1.54, 1.807) is 31.1 Å². The molecule has 1 fully saturated rings. The predicted molar refractivity (Wildman–Crippen MR) is 178 cm³/mol. The number of amides is 2. The summed E-state index contributed by atoms with van der Waals surface area (Å²) in [4.78, 5) is 27.6. The summed E-state index contributed by atoms with van der Waals surface area (Å²) in [5.41, 5.74) is 0.580. The summed E-state index contributed by atoms with van der Waals surface area (Å²) >= 11 is 1.68. The number of nitrogens with zero attached hydrogens (tertiary/aromatic N) is 2. The average molecular weight is 657 g/mol. The SMILES string of the molecule is CNC(=O)c1cccc(-c2cccc(CC(C)(C(=O)Nc3ccc(C#N)c(C(F)(F)F)c3)C3CCN(Sc4ccccc4)CC3)c2)c1. The number of rotatable bonds is 9. The molecule has 2 N–H and O–H groups in total.